The van der Waals surface area contributed by atoms with Crippen LogP contribution < -0.4 is 0 Å². The highest BCUT2D eigenvalue weighted by Crippen LogP contribution is 2.19. The maximum absolute atomic E-state index is 10.5. The minimum Gasteiger partial charge on any atom is -0.481 e. The van der Waals surface area contributed by atoms with Crippen LogP contribution in [0, 0.1) is 0 Å². The molecule has 2 aromatic heterocycles. The van der Waals surface area contributed by atoms with Gasteiger partial charge in [0.2, 0.25) is 0 Å². The van der Waals surface area contributed by atoms with Crippen molar-refractivity contribution in [2.24, 2.45) is 0 Å². The van der Waals surface area contributed by atoms with Crippen molar-refractivity contribution in [1.82, 2.24) is 9.38 Å². The molecule has 0 atom stereocenters. The van der Waals surface area contributed by atoms with Gasteiger partial charge in [-0.05, 0) is 28.1 Å². The fourth-order valence-electron chi connectivity index (χ4n) is 1.46. The molecule has 15 heavy (non-hydrogen) atoms. The molecule has 0 bridgehead atoms. The number of aryl methyl sites for hydroxylation is 1. The first-order valence-corrected chi connectivity index (χ1v) is 5.31. The molecule has 0 aliphatic rings. The molecule has 0 radical (unpaired) electrons. The smallest absolute Gasteiger partial charge is 0.303 e. The van der Waals surface area contributed by atoms with Crippen LogP contribution >= 0.6 is 15.9 Å². The Hall–Kier alpha value is -1.36. The lowest BCUT2D eigenvalue weighted by Crippen LogP contribution is -2.01. The minimum atomic E-state index is -0.807. The second-order valence-corrected chi connectivity index (χ2v) is 3.92. The number of carboxylic acid groups (broad SMARTS) is 1. The van der Waals surface area contributed by atoms with E-state index in [1.807, 2.05) is 28.8 Å². The third kappa shape index (κ3) is 2.02. The van der Waals surface area contributed by atoms with E-state index >= 15 is 0 Å². The van der Waals surface area contributed by atoms with Crippen LogP contribution in [0.4, 0.5) is 0 Å². The van der Waals surface area contributed by atoms with Crippen LogP contribution in [0.15, 0.2) is 29.0 Å². The molecule has 78 valence electrons. The molecule has 0 aliphatic heterocycles. The molecule has 0 saturated carbocycles. The van der Waals surface area contributed by atoms with Gasteiger partial charge in [0.15, 0.2) is 0 Å². The number of nitrogens with zero attached hydrogens (tertiary/aromatic N) is 2. The standard InChI is InChI=1S/C10H9BrN2O2/c11-10-7-3-1-2-6-13(7)8(12-10)4-5-9(14)15/h1-3,6H,4-5H2,(H,14,15). The summed E-state index contributed by atoms with van der Waals surface area (Å²) in [6, 6.07) is 5.75. The molecule has 0 aliphatic carbocycles. The van der Waals surface area contributed by atoms with Crippen molar-refractivity contribution < 1.29 is 9.90 Å². The summed E-state index contributed by atoms with van der Waals surface area (Å²) in [5.41, 5.74) is 0.956. The first-order valence-electron chi connectivity index (χ1n) is 4.52. The van der Waals surface area contributed by atoms with Crippen LogP contribution in [-0.2, 0) is 11.2 Å². The Balaban J connectivity index is 2.39. The van der Waals surface area contributed by atoms with Gasteiger partial charge in [-0.1, -0.05) is 6.07 Å². The number of pyridine rings is 1. The SMILES string of the molecule is O=C(O)CCc1nc(Br)c2ccccn12. The summed E-state index contributed by atoms with van der Waals surface area (Å²) in [4.78, 5) is 14.7. The quantitative estimate of drug-likeness (QED) is 0.928. The Morgan fingerprint density at radius 1 is 1.53 bits per heavy atom. The predicted molar refractivity (Wildman–Crippen MR) is 58.8 cm³/mol. The molecule has 0 fully saturated rings. The molecule has 0 saturated heterocycles. The number of fused-ring (bicyclic) bond motifs is 1. The highest BCUT2D eigenvalue weighted by atomic mass is 79.9. The van der Waals surface area contributed by atoms with Crippen LogP contribution in [0.1, 0.15) is 12.2 Å². The maximum atomic E-state index is 10.5. The largest absolute Gasteiger partial charge is 0.481 e. The molecule has 2 aromatic rings. The normalized spacial score (nSPS) is 10.7. The average Bonchev–Trinajstić information content (AvgIpc) is 2.54. The van der Waals surface area contributed by atoms with Gasteiger partial charge in [0.05, 0.1) is 11.9 Å². The highest BCUT2D eigenvalue weighted by molar-refractivity contribution is 9.10. The highest BCUT2D eigenvalue weighted by Gasteiger charge is 2.09. The lowest BCUT2D eigenvalue weighted by molar-refractivity contribution is -0.137. The molecular formula is C10H9BrN2O2. The van der Waals surface area contributed by atoms with E-state index in [-0.39, 0.29) is 6.42 Å². The van der Waals surface area contributed by atoms with E-state index in [1.165, 1.54) is 0 Å². The summed E-state index contributed by atoms with van der Waals surface area (Å²) >= 11 is 3.35. The Labute approximate surface area is 94.7 Å². The number of rotatable bonds is 3. The van der Waals surface area contributed by atoms with E-state index in [9.17, 15) is 4.79 Å². The second-order valence-electron chi connectivity index (χ2n) is 3.17. The van der Waals surface area contributed by atoms with E-state index in [4.69, 9.17) is 5.11 Å². The third-order valence-electron chi connectivity index (χ3n) is 2.14. The summed E-state index contributed by atoms with van der Waals surface area (Å²) in [5, 5.41) is 8.60. The number of carbonyl (C=O) groups is 1. The molecule has 0 amide bonds. The van der Waals surface area contributed by atoms with Gasteiger partial charge in [-0.2, -0.15) is 0 Å². The van der Waals surface area contributed by atoms with E-state index in [0.29, 0.717) is 6.42 Å². The minimum absolute atomic E-state index is 0.0977. The fraction of sp³-hybridized carbons (Fsp3) is 0.200. The topological polar surface area (TPSA) is 54.6 Å². The Morgan fingerprint density at radius 2 is 2.33 bits per heavy atom. The van der Waals surface area contributed by atoms with Crippen LogP contribution in [0.3, 0.4) is 0 Å². The number of aromatic nitrogens is 2. The number of hydrogen-bond donors (Lipinski definition) is 1. The summed E-state index contributed by atoms with van der Waals surface area (Å²) in [6.45, 7) is 0. The average molecular weight is 269 g/mol. The van der Waals surface area contributed by atoms with Gasteiger partial charge in [0.1, 0.15) is 10.4 Å². The number of aliphatic carboxylic acids is 1. The zero-order chi connectivity index (χ0) is 10.8. The Bertz CT molecular complexity index is 507. The van der Waals surface area contributed by atoms with E-state index in [1.54, 1.807) is 0 Å². The van der Waals surface area contributed by atoms with Crippen molar-refractivity contribution in [3.05, 3.63) is 34.8 Å². The van der Waals surface area contributed by atoms with Crippen molar-refractivity contribution in [2.75, 3.05) is 0 Å². The van der Waals surface area contributed by atoms with Crippen LogP contribution in [0.5, 0.6) is 0 Å². The van der Waals surface area contributed by atoms with Crippen LogP contribution in [0.2, 0.25) is 0 Å². The number of carboxylic acids is 1. The summed E-state index contributed by atoms with van der Waals surface area (Å²) in [6.07, 6.45) is 2.41. The summed E-state index contributed by atoms with van der Waals surface area (Å²) in [7, 11) is 0. The van der Waals surface area contributed by atoms with Crippen molar-refractivity contribution in [3.63, 3.8) is 0 Å². The molecule has 0 aromatic carbocycles. The summed E-state index contributed by atoms with van der Waals surface area (Å²) in [5.74, 6) is -0.0429. The lowest BCUT2D eigenvalue weighted by atomic mass is 10.3. The Kier molecular flexibility index (Phi) is 2.73. The van der Waals surface area contributed by atoms with Gasteiger partial charge in [-0.3, -0.25) is 4.79 Å². The molecule has 2 heterocycles. The van der Waals surface area contributed by atoms with E-state index in [0.717, 1.165) is 15.9 Å². The van der Waals surface area contributed by atoms with Gasteiger partial charge >= 0.3 is 5.97 Å². The van der Waals surface area contributed by atoms with Crippen LogP contribution in [0.25, 0.3) is 5.52 Å². The molecule has 0 unspecified atom stereocenters. The molecule has 5 heteroatoms. The fourth-order valence-corrected chi connectivity index (χ4v) is 1.98. The monoisotopic (exact) mass is 268 g/mol. The van der Waals surface area contributed by atoms with Gasteiger partial charge in [0, 0.05) is 12.6 Å². The number of hydrogen-bond acceptors (Lipinski definition) is 2. The second kappa shape index (κ2) is 4.02. The number of imidazole rings is 1. The van der Waals surface area contributed by atoms with E-state index in [2.05, 4.69) is 20.9 Å². The molecule has 0 spiro atoms. The van der Waals surface area contributed by atoms with Gasteiger partial charge in [-0.15, -0.1) is 0 Å². The van der Waals surface area contributed by atoms with Gasteiger partial charge in [0.25, 0.3) is 0 Å². The molecule has 2 rings (SSSR count). The first kappa shape index (κ1) is 10.2. The number of halogens is 1. The maximum Gasteiger partial charge on any atom is 0.303 e. The zero-order valence-corrected chi connectivity index (χ0v) is 9.44. The molecule has 1 N–H and O–H groups in total. The molecular weight excluding hydrogens is 260 g/mol. The van der Waals surface area contributed by atoms with Gasteiger partial charge < -0.3 is 9.51 Å². The Morgan fingerprint density at radius 3 is 3.07 bits per heavy atom. The van der Waals surface area contributed by atoms with Crippen molar-refractivity contribution in [3.8, 4) is 0 Å². The third-order valence-corrected chi connectivity index (χ3v) is 2.72. The summed E-state index contributed by atoms with van der Waals surface area (Å²) < 4.78 is 2.65. The van der Waals surface area contributed by atoms with Gasteiger partial charge in [-0.25, -0.2) is 4.98 Å². The van der Waals surface area contributed by atoms with Crippen molar-refractivity contribution >= 4 is 27.4 Å². The van der Waals surface area contributed by atoms with Crippen molar-refractivity contribution in [1.29, 1.82) is 0 Å². The molecule has 4 nitrogen and oxygen atoms in total. The first-order chi connectivity index (χ1) is 7.18. The predicted octanol–water partition coefficient (Wildman–Crippen LogP) is 2.11. The van der Waals surface area contributed by atoms with Crippen molar-refractivity contribution in [2.45, 2.75) is 12.8 Å². The zero-order valence-electron chi connectivity index (χ0n) is 7.85. The van der Waals surface area contributed by atoms with E-state index < -0.39 is 5.97 Å². The van der Waals surface area contributed by atoms with Crippen LogP contribution in [-0.4, -0.2) is 20.5 Å². The lowest BCUT2D eigenvalue weighted by Gasteiger charge is -1.97.